The summed E-state index contributed by atoms with van der Waals surface area (Å²) in [5.74, 6) is 2.03. The van der Waals surface area contributed by atoms with Crippen LogP contribution in [0.2, 0.25) is 0 Å². The van der Waals surface area contributed by atoms with Crippen molar-refractivity contribution in [1.29, 1.82) is 0 Å². The van der Waals surface area contributed by atoms with E-state index in [2.05, 4.69) is 21.7 Å². The molecule has 0 aliphatic heterocycles. The van der Waals surface area contributed by atoms with Gasteiger partial charge < -0.3 is 19.1 Å². The van der Waals surface area contributed by atoms with Gasteiger partial charge in [0.15, 0.2) is 16.7 Å². The molecule has 1 N–H and O–H groups in total. The Labute approximate surface area is 173 Å². The average Bonchev–Trinajstić information content (AvgIpc) is 3.13. The van der Waals surface area contributed by atoms with Gasteiger partial charge in [0.05, 0.1) is 19.8 Å². The van der Waals surface area contributed by atoms with Crippen LogP contribution >= 0.6 is 11.8 Å². The number of aromatic carboxylic acids is 1. The minimum absolute atomic E-state index is 0.285. The number of carboxylic acids is 1. The Morgan fingerprint density at radius 2 is 1.72 bits per heavy atom. The zero-order valence-corrected chi connectivity index (χ0v) is 17.4. The molecule has 0 amide bonds. The van der Waals surface area contributed by atoms with Crippen LogP contribution in [0.3, 0.4) is 0 Å². The summed E-state index contributed by atoms with van der Waals surface area (Å²) in [6, 6.07) is 12.7. The number of carboxylic acid groups (broad SMARTS) is 1. The number of rotatable bonds is 9. The fourth-order valence-electron chi connectivity index (χ4n) is 2.94. The number of carbonyl (C=O) groups is 1. The van der Waals surface area contributed by atoms with Crippen molar-refractivity contribution in [2.75, 3.05) is 14.2 Å². The van der Waals surface area contributed by atoms with E-state index in [0.717, 1.165) is 28.7 Å². The maximum atomic E-state index is 11.0. The summed E-state index contributed by atoms with van der Waals surface area (Å²) in [5.41, 5.74) is 2.38. The quantitative estimate of drug-likeness (QED) is 0.533. The van der Waals surface area contributed by atoms with Gasteiger partial charge in [0.1, 0.15) is 5.82 Å². The third-order valence-corrected chi connectivity index (χ3v) is 5.53. The Morgan fingerprint density at radius 3 is 2.34 bits per heavy atom. The maximum absolute atomic E-state index is 11.0. The van der Waals surface area contributed by atoms with Crippen molar-refractivity contribution < 1.29 is 19.4 Å². The second kappa shape index (κ2) is 9.47. The van der Waals surface area contributed by atoms with E-state index in [-0.39, 0.29) is 5.56 Å². The topological polar surface area (TPSA) is 86.5 Å². The van der Waals surface area contributed by atoms with Crippen LogP contribution in [-0.2, 0) is 18.7 Å². The van der Waals surface area contributed by atoms with E-state index in [1.807, 2.05) is 30.3 Å². The van der Waals surface area contributed by atoms with Gasteiger partial charge in [-0.1, -0.05) is 30.0 Å². The molecule has 0 saturated carbocycles. The van der Waals surface area contributed by atoms with Crippen molar-refractivity contribution in [2.45, 2.75) is 30.8 Å². The number of nitrogens with zero attached hydrogens (tertiary/aromatic N) is 3. The molecular weight excluding hydrogens is 390 g/mol. The predicted molar refractivity (Wildman–Crippen MR) is 111 cm³/mol. The lowest BCUT2D eigenvalue weighted by Gasteiger charge is -2.10. The van der Waals surface area contributed by atoms with E-state index in [0.29, 0.717) is 23.7 Å². The van der Waals surface area contributed by atoms with Gasteiger partial charge in [0, 0.05) is 18.7 Å². The number of aromatic nitrogens is 3. The van der Waals surface area contributed by atoms with Crippen molar-refractivity contribution in [2.24, 2.45) is 0 Å². The Kier molecular flexibility index (Phi) is 6.77. The van der Waals surface area contributed by atoms with Gasteiger partial charge in [0.2, 0.25) is 0 Å². The normalized spacial score (nSPS) is 10.7. The lowest BCUT2D eigenvalue weighted by molar-refractivity contribution is 0.0697. The van der Waals surface area contributed by atoms with Gasteiger partial charge in [0.25, 0.3) is 0 Å². The molecule has 3 aromatic rings. The predicted octanol–water partition coefficient (Wildman–Crippen LogP) is 3.90. The summed E-state index contributed by atoms with van der Waals surface area (Å²) < 4.78 is 12.8. The number of thioether (sulfide) groups is 1. The highest BCUT2D eigenvalue weighted by Crippen LogP contribution is 2.29. The molecule has 1 aromatic heterocycles. The number of benzene rings is 2. The first-order chi connectivity index (χ1) is 14.0. The molecule has 0 radical (unpaired) electrons. The van der Waals surface area contributed by atoms with E-state index < -0.39 is 5.97 Å². The van der Waals surface area contributed by atoms with E-state index in [1.165, 1.54) is 0 Å². The number of methoxy groups -OCH3 is 2. The Bertz CT molecular complexity index is 986. The zero-order valence-electron chi connectivity index (χ0n) is 16.6. The number of hydrogen-bond donors (Lipinski definition) is 1. The maximum Gasteiger partial charge on any atom is 0.335 e. The monoisotopic (exact) mass is 413 g/mol. The van der Waals surface area contributed by atoms with Crippen molar-refractivity contribution in [1.82, 2.24) is 14.8 Å². The third-order valence-electron chi connectivity index (χ3n) is 4.49. The van der Waals surface area contributed by atoms with E-state index in [4.69, 9.17) is 14.6 Å². The van der Waals surface area contributed by atoms with Crippen LogP contribution in [0.1, 0.15) is 34.2 Å². The van der Waals surface area contributed by atoms with Gasteiger partial charge in [-0.15, -0.1) is 10.2 Å². The molecule has 0 saturated heterocycles. The molecule has 2 aromatic carbocycles. The van der Waals surface area contributed by atoms with Crippen LogP contribution in [0.15, 0.2) is 47.6 Å². The van der Waals surface area contributed by atoms with Crippen LogP contribution in [0, 0.1) is 0 Å². The summed E-state index contributed by atoms with van der Waals surface area (Å²) in [4.78, 5) is 11.0. The summed E-state index contributed by atoms with van der Waals surface area (Å²) in [7, 11) is 3.23. The molecule has 0 atom stereocenters. The Hall–Kier alpha value is -3.00. The first kappa shape index (κ1) is 20.7. The molecule has 0 bridgehead atoms. The van der Waals surface area contributed by atoms with Crippen LogP contribution < -0.4 is 9.47 Å². The highest BCUT2D eigenvalue weighted by atomic mass is 32.2. The van der Waals surface area contributed by atoms with Crippen LogP contribution in [0.4, 0.5) is 0 Å². The molecule has 0 aliphatic rings. The molecule has 29 heavy (non-hydrogen) atoms. The highest BCUT2D eigenvalue weighted by molar-refractivity contribution is 7.98. The summed E-state index contributed by atoms with van der Waals surface area (Å²) in [6.45, 7) is 2.82. The minimum Gasteiger partial charge on any atom is -0.493 e. The second-order valence-corrected chi connectivity index (χ2v) is 7.24. The van der Waals surface area contributed by atoms with E-state index >= 15 is 0 Å². The molecule has 8 heteroatoms. The number of ether oxygens (including phenoxy) is 2. The van der Waals surface area contributed by atoms with Gasteiger partial charge in [-0.05, 0) is 42.3 Å². The largest absolute Gasteiger partial charge is 0.493 e. The minimum atomic E-state index is -0.922. The first-order valence-electron chi connectivity index (χ1n) is 9.13. The molecule has 0 fully saturated rings. The fourth-order valence-corrected chi connectivity index (χ4v) is 3.92. The van der Waals surface area contributed by atoms with Crippen LogP contribution in [-0.4, -0.2) is 40.1 Å². The van der Waals surface area contributed by atoms with Crippen molar-refractivity contribution >= 4 is 17.7 Å². The molecule has 152 valence electrons. The van der Waals surface area contributed by atoms with Gasteiger partial charge >= 0.3 is 5.97 Å². The molecular formula is C21H23N3O4S. The lowest BCUT2D eigenvalue weighted by atomic mass is 10.1. The van der Waals surface area contributed by atoms with Crippen molar-refractivity contribution in [3.8, 4) is 11.5 Å². The molecule has 0 spiro atoms. The van der Waals surface area contributed by atoms with Gasteiger partial charge in [-0.2, -0.15) is 0 Å². The van der Waals surface area contributed by atoms with E-state index in [1.54, 1.807) is 38.1 Å². The molecule has 3 rings (SSSR count). The first-order valence-corrected chi connectivity index (χ1v) is 10.1. The smallest absolute Gasteiger partial charge is 0.335 e. The fraction of sp³-hybridized carbons (Fsp3) is 0.286. The number of hydrogen-bond acceptors (Lipinski definition) is 6. The van der Waals surface area contributed by atoms with Crippen LogP contribution in [0.5, 0.6) is 11.5 Å². The summed E-state index contributed by atoms with van der Waals surface area (Å²) in [5, 5.41) is 18.6. The SMILES string of the molecule is CCn1c(Cc2ccc(OC)c(OC)c2)nnc1SCc1ccc(C(=O)O)cc1. The summed E-state index contributed by atoms with van der Waals surface area (Å²) in [6.07, 6.45) is 0.634. The second-order valence-electron chi connectivity index (χ2n) is 6.30. The Balaban J connectivity index is 1.72. The van der Waals surface area contributed by atoms with Gasteiger partial charge in [-0.25, -0.2) is 4.79 Å². The average molecular weight is 413 g/mol. The van der Waals surface area contributed by atoms with Crippen molar-refractivity contribution in [3.63, 3.8) is 0 Å². The lowest BCUT2D eigenvalue weighted by Crippen LogP contribution is -2.04. The molecule has 0 aliphatic carbocycles. The highest BCUT2D eigenvalue weighted by Gasteiger charge is 2.14. The van der Waals surface area contributed by atoms with Crippen LogP contribution in [0.25, 0.3) is 0 Å². The van der Waals surface area contributed by atoms with Gasteiger partial charge in [-0.3, -0.25) is 0 Å². The third kappa shape index (κ3) is 4.89. The standard InChI is InChI=1S/C21H23N3O4S/c1-4-24-19(12-15-7-10-17(27-2)18(11-15)28-3)22-23-21(24)29-13-14-5-8-16(9-6-14)20(25)26/h5-11H,4,12-13H2,1-3H3,(H,25,26). The summed E-state index contributed by atoms with van der Waals surface area (Å²) >= 11 is 1.58. The Morgan fingerprint density at radius 1 is 1.03 bits per heavy atom. The molecule has 0 unspecified atom stereocenters. The zero-order chi connectivity index (χ0) is 20.8. The molecule has 1 heterocycles. The molecule has 7 nitrogen and oxygen atoms in total. The van der Waals surface area contributed by atoms with E-state index in [9.17, 15) is 4.79 Å². The van der Waals surface area contributed by atoms with Crippen molar-refractivity contribution in [3.05, 3.63) is 65.0 Å².